The van der Waals surface area contributed by atoms with Crippen molar-refractivity contribution in [3.8, 4) is 11.5 Å². The number of carbonyl (C=O) groups excluding carboxylic acids is 1. The Morgan fingerprint density at radius 2 is 1.70 bits per heavy atom. The molecule has 3 aliphatic rings. The van der Waals surface area contributed by atoms with Crippen LogP contribution in [0.1, 0.15) is 37.7 Å². The highest BCUT2D eigenvalue weighted by atomic mass is 16.7. The molecule has 5 rings (SSSR count). The van der Waals surface area contributed by atoms with Gasteiger partial charge in [-0.3, -0.25) is 4.90 Å². The summed E-state index contributed by atoms with van der Waals surface area (Å²) in [7, 11) is 0. The molecule has 0 unspecified atom stereocenters. The Kier molecular flexibility index (Phi) is 5.25. The highest BCUT2D eigenvalue weighted by Gasteiger charge is 2.44. The standard InChI is InChI=1S/C24H29N3O3/c28-23(27-14-6-13-26(15-16-27)18-19-7-2-1-3-8-19)25-20-9-10-21-22(17-20)30-24(29-21)11-4-5-12-24/h1-3,7-10,17H,4-6,11-16,18H2,(H,25,28). The van der Waals surface area contributed by atoms with Gasteiger partial charge in [0.2, 0.25) is 0 Å². The number of benzene rings is 2. The normalized spacial score (nSPS) is 20.3. The molecule has 2 heterocycles. The van der Waals surface area contributed by atoms with Crippen molar-refractivity contribution in [2.75, 3.05) is 31.5 Å². The van der Waals surface area contributed by atoms with Gasteiger partial charge in [0.15, 0.2) is 11.5 Å². The Morgan fingerprint density at radius 3 is 2.53 bits per heavy atom. The van der Waals surface area contributed by atoms with Gasteiger partial charge in [-0.25, -0.2) is 4.79 Å². The highest BCUT2D eigenvalue weighted by Crippen LogP contribution is 2.47. The Labute approximate surface area is 177 Å². The van der Waals surface area contributed by atoms with Crippen LogP contribution >= 0.6 is 0 Å². The van der Waals surface area contributed by atoms with Crippen LogP contribution in [0.25, 0.3) is 0 Å². The van der Waals surface area contributed by atoms with Crippen LogP contribution in [0.4, 0.5) is 10.5 Å². The third-order valence-electron chi connectivity index (χ3n) is 6.28. The van der Waals surface area contributed by atoms with Gasteiger partial charge in [0.25, 0.3) is 5.79 Å². The third kappa shape index (κ3) is 4.10. The lowest BCUT2D eigenvalue weighted by molar-refractivity contribution is -0.0716. The number of nitrogens with one attached hydrogen (secondary N) is 1. The Balaban J connectivity index is 1.17. The molecule has 0 radical (unpaired) electrons. The van der Waals surface area contributed by atoms with E-state index in [1.54, 1.807) is 0 Å². The van der Waals surface area contributed by atoms with Gasteiger partial charge >= 0.3 is 6.03 Å². The predicted molar refractivity (Wildman–Crippen MR) is 116 cm³/mol. The maximum atomic E-state index is 12.9. The zero-order valence-corrected chi connectivity index (χ0v) is 17.3. The number of nitrogens with zero attached hydrogens (tertiary/aromatic N) is 2. The number of anilines is 1. The first kappa shape index (κ1) is 19.2. The molecule has 0 bridgehead atoms. The van der Waals surface area contributed by atoms with Crippen LogP contribution in [0.3, 0.4) is 0 Å². The molecule has 1 saturated carbocycles. The second kappa shape index (κ2) is 8.19. The van der Waals surface area contributed by atoms with E-state index in [2.05, 4.69) is 34.5 Å². The minimum atomic E-state index is -0.474. The summed E-state index contributed by atoms with van der Waals surface area (Å²) in [5.74, 6) is 1.04. The number of rotatable bonds is 3. The summed E-state index contributed by atoms with van der Waals surface area (Å²) < 4.78 is 12.2. The molecule has 6 heteroatoms. The summed E-state index contributed by atoms with van der Waals surface area (Å²) in [6.07, 6.45) is 5.10. The first-order valence-electron chi connectivity index (χ1n) is 11.0. The van der Waals surface area contributed by atoms with Crippen LogP contribution < -0.4 is 14.8 Å². The maximum absolute atomic E-state index is 12.9. The topological polar surface area (TPSA) is 54.0 Å². The summed E-state index contributed by atoms with van der Waals surface area (Å²) in [6.45, 7) is 4.31. The molecule has 1 spiro atoms. The van der Waals surface area contributed by atoms with Gasteiger partial charge in [-0.15, -0.1) is 0 Å². The molecule has 0 aromatic heterocycles. The molecule has 30 heavy (non-hydrogen) atoms. The second-order valence-electron chi connectivity index (χ2n) is 8.52. The fourth-order valence-corrected chi connectivity index (χ4v) is 4.67. The Morgan fingerprint density at radius 1 is 0.900 bits per heavy atom. The average molecular weight is 408 g/mol. The van der Waals surface area contributed by atoms with Crippen LogP contribution in [0, 0.1) is 0 Å². The van der Waals surface area contributed by atoms with Crippen molar-refractivity contribution >= 4 is 11.7 Å². The molecule has 2 aliphatic heterocycles. The largest absolute Gasteiger partial charge is 0.448 e. The van der Waals surface area contributed by atoms with E-state index >= 15 is 0 Å². The minimum Gasteiger partial charge on any atom is -0.448 e. The quantitative estimate of drug-likeness (QED) is 0.816. The lowest BCUT2D eigenvalue weighted by Crippen LogP contribution is -2.38. The second-order valence-corrected chi connectivity index (χ2v) is 8.52. The van der Waals surface area contributed by atoms with Gasteiger partial charge in [-0.2, -0.15) is 0 Å². The molecule has 2 aromatic carbocycles. The molecule has 0 atom stereocenters. The van der Waals surface area contributed by atoms with E-state index in [1.807, 2.05) is 29.2 Å². The lowest BCUT2D eigenvalue weighted by atomic mass is 10.2. The smallest absolute Gasteiger partial charge is 0.321 e. The van der Waals surface area contributed by atoms with Crippen LogP contribution in [-0.2, 0) is 6.54 Å². The monoisotopic (exact) mass is 407 g/mol. The fraction of sp³-hybridized carbons (Fsp3) is 0.458. The van der Waals surface area contributed by atoms with Gasteiger partial charge in [0.05, 0.1) is 0 Å². The van der Waals surface area contributed by atoms with Gasteiger partial charge in [0, 0.05) is 57.3 Å². The number of carbonyl (C=O) groups is 1. The van der Waals surface area contributed by atoms with Crippen molar-refractivity contribution in [1.29, 1.82) is 0 Å². The maximum Gasteiger partial charge on any atom is 0.321 e. The highest BCUT2D eigenvalue weighted by molar-refractivity contribution is 5.89. The van der Waals surface area contributed by atoms with Crippen LogP contribution in [0.2, 0.25) is 0 Å². The van der Waals surface area contributed by atoms with E-state index in [4.69, 9.17) is 9.47 Å². The first-order valence-corrected chi connectivity index (χ1v) is 11.0. The molecule has 1 aliphatic carbocycles. The number of fused-ring (bicyclic) bond motifs is 1. The number of urea groups is 1. The predicted octanol–water partition coefficient (Wildman–Crippen LogP) is 4.47. The van der Waals surface area contributed by atoms with Crippen LogP contribution in [0.15, 0.2) is 48.5 Å². The molecule has 2 aromatic rings. The van der Waals surface area contributed by atoms with Gasteiger partial charge in [-0.1, -0.05) is 30.3 Å². The third-order valence-corrected chi connectivity index (χ3v) is 6.28. The van der Waals surface area contributed by atoms with Crippen molar-refractivity contribution in [1.82, 2.24) is 9.80 Å². The first-order chi connectivity index (χ1) is 14.7. The minimum absolute atomic E-state index is 0.0500. The SMILES string of the molecule is O=C(Nc1ccc2c(c1)OC1(CCCC1)O2)N1CCCN(Cc2ccccc2)CC1. The van der Waals surface area contributed by atoms with Crippen LogP contribution in [-0.4, -0.2) is 47.8 Å². The Hall–Kier alpha value is -2.73. The number of ether oxygens (including phenoxy) is 2. The van der Waals surface area contributed by atoms with E-state index in [0.29, 0.717) is 0 Å². The fourth-order valence-electron chi connectivity index (χ4n) is 4.67. The van der Waals surface area contributed by atoms with Crippen molar-refractivity contribution < 1.29 is 14.3 Å². The molecular formula is C24H29N3O3. The zero-order chi connectivity index (χ0) is 20.4. The van der Waals surface area contributed by atoms with Crippen molar-refractivity contribution in [2.24, 2.45) is 0 Å². The Bertz CT molecular complexity index is 896. The molecule has 1 N–H and O–H groups in total. The summed E-state index contributed by atoms with van der Waals surface area (Å²) in [4.78, 5) is 17.2. The molecule has 1 saturated heterocycles. The van der Waals surface area contributed by atoms with Gasteiger partial charge in [0.1, 0.15) is 0 Å². The lowest BCUT2D eigenvalue weighted by Gasteiger charge is -2.22. The summed E-state index contributed by atoms with van der Waals surface area (Å²) in [5, 5.41) is 3.05. The van der Waals surface area contributed by atoms with Crippen molar-refractivity contribution in [2.45, 2.75) is 44.4 Å². The van der Waals surface area contributed by atoms with Crippen LogP contribution in [0.5, 0.6) is 11.5 Å². The summed E-state index contributed by atoms with van der Waals surface area (Å²) >= 11 is 0. The van der Waals surface area contributed by atoms with E-state index < -0.39 is 5.79 Å². The summed E-state index contributed by atoms with van der Waals surface area (Å²) in [6, 6.07) is 16.2. The van der Waals surface area contributed by atoms with E-state index in [9.17, 15) is 4.79 Å². The molecule has 2 fully saturated rings. The molecule has 6 nitrogen and oxygen atoms in total. The van der Waals surface area contributed by atoms with E-state index in [-0.39, 0.29) is 6.03 Å². The number of amides is 2. The van der Waals surface area contributed by atoms with Gasteiger partial charge < -0.3 is 19.7 Å². The van der Waals surface area contributed by atoms with Crippen molar-refractivity contribution in [3.05, 3.63) is 54.1 Å². The molecule has 2 amide bonds. The number of hydrogen-bond acceptors (Lipinski definition) is 4. The van der Waals surface area contributed by atoms with Crippen molar-refractivity contribution in [3.63, 3.8) is 0 Å². The molecular weight excluding hydrogens is 378 g/mol. The van der Waals surface area contributed by atoms with E-state index in [0.717, 1.165) is 82.0 Å². The van der Waals surface area contributed by atoms with E-state index in [1.165, 1.54) is 5.56 Å². The van der Waals surface area contributed by atoms with Gasteiger partial charge in [-0.05, 0) is 37.0 Å². The zero-order valence-electron chi connectivity index (χ0n) is 17.3. The summed E-state index contributed by atoms with van der Waals surface area (Å²) in [5.41, 5.74) is 2.07. The molecule has 158 valence electrons. The number of hydrogen-bond donors (Lipinski definition) is 1. The average Bonchev–Trinajstić information content (AvgIpc) is 3.28.